The van der Waals surface area contributed by atoms with E-state index in [1.165, 1.54) is 6.42 Å². The van der Waals surface area contributed by atoms with E-state index in [4.69, 9.17) is 4.74 Å². The zero-order valence-corrected chi connectivity index (χ0v) is 11.9. The average Bonchev–Trinajstić information content (AvgIpc) is 2.42. The van der Waals surface area contributed by atoms with Gasteiger partial charge in [0.1, 0.15) is 0 Å². The van der Waals surface area contributed by atoms with Gasteiger partial charge in [0.15, 0.2) is 0 Å². The molecule has 2 heterocycles. The maximum absolute atomic E-state index is 9.73. The first-order chi connectivity index (χ1) is 8.69. The Kier molecular flexibility index (Phi) is 5.01. The predicted molar refractivity (Wildman–Crippen MR) is 72.7 cm³/mol. The number of nitrogens with zero attached hydrogens (tertiary/aromatic N) is 2. The van der Waals surface area contributed by atoms with Gasteiger partial charge in [0.05, 0.1) is 13.2 Å². The van der Waals surface area contributed by atoms with Gasteiger partial charge in [-0.1, -0.05) is 6.92 Å². The molecule has 0 bridgehead atoms. The summed E-state index contributed by atoms with van der Waals surface area (Å²) in [6.07, 6.45) is 3.40. The van der Waals surface area contributed by atoms with Crippen molar-refractivity contribution in [3.63, 3.8) is 0 Å². The lowest BCUT2D eigenvalue weighted by Crippen LogP contribution is -2.55. The average molecular weight is 256 g/mol. The van der Waals surface area contributed by atoms with Gasteiger partial charge in [-0.15, -0.1) is 0 Å². The Balaban J connectivity index is 1.91. The first-order valence-corrected chi connectivity index (χ1v) is 7.30. The van der Waals surface area contributed by atoms with Crippen molar-refractivity contribution in [2.24, 2.45) is 5.41 Å². The number of aliphatic hydroxyl groups excluding tert-OH is 1. The molecule has 2 fully saturated rings. The van der Waals surface area contributed by atoms with Crippen LogP contribution in [0.25, 0.3) is 0 Å². The molecule has 4 nitrogen and oxygen atoms in total. The zero-order valence-electron chi connectivity index (χ0n) is 11.9. The van der Waals surface area contributed by atoms with Crippen molar-refractivity contribution in [2.75, 3.05) is 53.0 Å². The second kappa shape index (κ2) is 6.33. The van der Waals surface area contributed by atoms with E-state index in [9.17, 15) is 5.11 Å². The Labute approximate surface area is 111 Å². The summed E-state index contributed by atoms with van der Waals surface area (Å²) >= 11 is 0. The van der Waals surface area contributed by atoms with Crippen molar-refractivity contribution in [3.8, 4) is 0 Å². The molecule has 4 heteroatoms. The van der Waals surface area contributed by atoms with Gasteiger partial charge < -0.3 is 14.7 Å². The van der Waals surface area contributed by atoms with Crippen molar-refractivity contribution >= 4 is 0 Å². The highest BCUT2D eigenvalue weighted by Crippen LogP contribution is 2.30. The molecule has 0 saturated carbocycles. The molecule has 0 amide bonds. The molecule has 2 rings (SSSR count). The van der Waals surface area contributed by atoms with E-state index < -0.39 is 0 Å². The monoisotopic (exact) mass is 256 g/mol. The molecular weight excluding hydrogens is 228 g/mol. The molecule has 2 unspecified atom stereocenters. The molecule has 2 atom stereocenters. The molecule has 0 radical (unpaired) electrons. The Hall–Kier alpha value is -0.160. The third-order valence-corrected chi connectivity index (χ3v) is 4.63. The molecule has 106 valence electrons. The highest BCUT2D eigenvalue weighted by atomic mass is 16.5. The standard InChI is InChI=1S/C14H28N2O2/c1-3-13-9-16(7-6-15(13)2)10-14(11-17)5-4-8-18-12-14/h13,17H,3-12H2,1-2H3. The largest absolute Gasteiger partial charge is 0.396 e. The topological polar surface area (TPSA) is 35.9 Å². The van der Waals surface area contributed by atoms with Crippen LogP contribution in [-0.2, 0) is 4.74 Å². The number of aliphatic hydroxyl groups is 1. The van der Waals surface area contributed by atoms with E-state index in [2.05, 4.69) is 23.8 Å². The number of piperazine rings is 1. The van der Waals surface area contributed by atoms with Gasteiger partial charge in [-0.05, 0) is 26.3 Å². The number of hydrogen-bond acceptors (Lipinski definition) is 4. The Morgan fingerprint density at radius 3 is 2.83 bits per heavy atom. The first kappa shape index (κ1) is 14.3. The van der Waals surface area contributed by atoms with Gasteiger partial charge in [0.25, 0.3) is 0 Å². The van der Waals surface area contributed by atoms with Crippen molar-refractivity contribution in [2.45, 2.75) is 32.2 Å². The van der Waals surface area contributed by atoms with Crippen LogP contribution in [0.4, 0.5) is 0 Å². The van der Waals surface area contributed by atoms with Crippen LogP contribution in [0.3, 0.4) is 0 Å². The van der Waals surface area contributed by atoms with Crippen LogP contribution in [0.2, 0.25) is 0 Å². The summed E-state index contributed by atoms with van der Waals surface area (Å²) in [6, 6.07) is 0.666. The summed E-state index contributed by atoms with van der Waals surface area (Å²) in [4.78, 5) is 4.98. The highest BCUT2D eigenvalue weighted by molar-refractivity contribution is 4.88. The minimum atomic E-state index is -0.00749. The van der Waals surface area contributed by atoms with E-state index in [1.54, 1.807) is 0 Å². The fraction of sp³-hybridized carbons (Fsp3) is 1.00. The van der Waals surface area contributed by atoms with Crippen molar-refractivity contribution < 1.29 is 9.84 Å². The Bertz CT molecular complexity index is 254. The van der Waals surface area contributed by atoms with Crippen LogP contribution in [0.5, 0.6) is 0 Å². The molecule has 0 spiro atoms. The molecule has 18 heavy (non-hydrogen) atoms. The molecule has 1 N–H and O–H groups in total. The van der Waals surface area contributed by atoms with Crippen LogP contribution in [0.1, 0.15) is 26.2 Å². The first-order valence-electron chi connectivity index (χ1n) is 7.30. The maximum Gasteiger partial charge on any atom is 0.0556 e. The van der Waals surface area contributed by atoms with Crippen molar-refractivity contribution in [1.82, 2.24) is 9.80 Å². The summed E-state index contributed by atoms with van der Waals surface area (Å²) < 4.78 is 5.60. The minimum absolute atomic E-state index is 0.00749. The number of likely N-dealkylation sites (N-methyl/N-ethyl adjacent to an activating group) is 1. The quantitative estimate of drug-likeness (QED) is 0.807. The van der Waals surface area contributed by atoms with E-state index >= 15 is 0 Å². The summed E-state index contributed by atoms with van der Waals surface area (Å²) in [5, 5.41) is 9.73. The molecular formula is C14H28N2O2. The summed E-state index contributed by atoms with van der Waals surface area (Å²) in [6.45, 7) is 8.50. The normalized spacial score (nSPS) is 35.8. The van der Waals surface area contributed by atoms with Crippen LogP contribution < -0.4 is 0 Å². The van der Waals surface area contributed by atoms with Gasteiger partial charge in [-0.2, -0.15) is 0 Å². The summed E-state index contributed by atoms with van der Waals surface area (Å²) in [5.74, 6) is 0. The summed E-state index contributed by atoms with van der Waals surface area (Å²) in [5.41, 5.74) is -0.00749. The second-order valence-corrected chi connectivity index (χ2v) is 6.09. The van der Waals surface area contributed by atoms with Crippen molar-refractivity contribution in [1.29, 1.82) is 0 Å². The molecule has 2 aliphatic rings. The van der Waals surface area contributed by atoms with Crippen molar-refractivity contribution in [3.05, 3.63) is 0 Å². The third-order valence-electron chi connectivity index (χ3n) is 4.63. The van der Waals surface area contributed by atoms with Gasteiger partial charge in [0.2, 0.25) is 0 Å². The van der Waals surface area contributed by atoms with Crippen LogP contribution in [0, 0.1) is 5.41 Å². The fourth-order valence-corrected chi connectivity index (χ4v) is 3.28. The van der Waals surface area contributed by atoms with Gasteiger partial charge in [-0.3, -0.25) is 4.90 Å². The number of hydrogen-bond donors (Lipinski definition) is 1. The summed E-state index contributed by atoms with van der Waals surface area (Å²) in [7, 11) is 2.22. The van der Waals surface area contributed by atoms with Gasteiger partial charge >= 0.3 is 0 Å². The molecule has 0 aromatic rings. The third kappa shape index (κ3) is 3.23. The van der Waals surface area contributed by atoms with Crippen LogP contribution >= 0.6 is 0 Å². The lowest BCUT2D eigenvalue weighted by atomic mass is 9.82. The zero-order chi connectivity index (χ0) is 13.0. The minimum Gasteiger partial charge on any atom is -0.396 e. The Morgan fingerprint density at radius 1 is 1.39 bits per heavy atom. The number of rotatable bonds is 4. The lowest BCUT2D eigenvalue weighted by molar-refractivity contribution is -0.0637. The maximum atomic E-state index is 9.73. The molecule has 0 aromatic carbocycles. The van der Waals surface area contributed by atoms with Gasteiger partial charge in [-0.25, -0.2) is 0 Å². The molecule has 2 saturated heterocycles. The molecule has 0 aliphatic carbocycles. The molecule has 2 aliphatic heterocycles. The second-order valence-electron chi connectivity index (χ2n) is 6.09. The van der Waals surface area contributed by atoms with E-state index in [1.807, 2.05) is 0 Å². The fourth-order valence-electron chi connectivity index (χ4n) is 3.28. The lowest BCUT2D eigenvalue weighted by Gasteiger charge is -2.44. The van der Waals surface area contributed by atoms with E-state index in [-0.39, 0.29) is 12.0 Å². The molecule has 0 aromatic heterocycles. The highest BCUT2D eigenvalue weighted by Gasteiger charge is 2.36. The number of ether oxygens (including phenoxy) is 1. The van der Waals surface area contributed by atoms with E-state index in [0.717, 1.165) is 52.2 Å². The Morgan fingerprint density at radius 2 is 2.22 bits per heavy atom. The predicted octanol–water partition coefficient (Wildman–Crippen LogP) is 0.802. The van der Waals surface area contributed by atoms with Crippen LogP contribution in [0.15, 0.2) is 0 Å². The van der Waals surface area contributed by atoms with Crippen LogP contribution in [-0.4, -0.2) is 74.0 Å². The van der Waals surface area contributed by atoms with Gasteiger partial charge in [0, 0.05) is 44.2 Å². The van der Waals surface area contributed by atoms with E-state index in [0.29, 0.717) is 6.04 Å². The SMILES string of the molecule is CCC1CN(CC2(CO)CCCOC2)CCN1C. The smallest absolute Gasteiger partial charge is 0.0556 e.